The Hall–Kier alpha value is -3.19. The van der Waals surface area contributed by atoms with E-state index in [0.717, 1.165) is 28.3 Å². The standard InChI is InChI=1S/C21H18N2O4S/c24-20-14(10-17-4-6-19(28-17)21(25)26)2-1-13-9-16(3-5-18(13)20)27-8-7-15-11-22-12-23-15/h3-6,9-12H,1-2,7-8H2,(H,22,23)(H,25,26)/b14-10+. The molecule has 0 bridgehead atoms. The number of aromatic nitrogens is 2. The predicted molar refractivity (Wildman–Crippen MR) is 106 cm³/mol. The summed E-state index contributed by atoms with van der Waals surface area (Å²) in [5.41, 5.74) is 3.32. The van der Waals surface area contributed by atoms with E-state index in [0.29, 0.717) is 30.6 Å². The molecule has 28 heavy (non-hydrogen) atoms. The van der Waals surface area contributed by atoms with Crippen LogP contribution in [0.5, 0.6) is 5.75 Å². The summed E-state index contributed by atoms with van der Waals surface area (Å²) in [6, 6.07) is 8.86. The third kappa shape index (κ3) is 3.89. The maximum atomic E-state index is 12.8. The van der Waals surface area contributed by atoms with Crippen LogP contribution in [-0.4, -0.2) is 33.4 Å². The number of allylic oxidation sites excluding steroid dienone is 1. The summed E-state index contributed by atoms with van der Waals surface area (Å²) in [7, 11) is 0. The van der Waals surface area contributed by atoms with Crippen molar-refractivity contribution in [1.29, 1.82) is 0 Å². The number of hydrogen-bond acceptors (Lipinski definition) is 5. The van der Waals surface area contributed by atoms with Gasteiger partial charge >= 0.3 is 5.97 Å². The Bertz CT molecular complexity index is 1050. The van der Waals surface area contributed by atoms with Gasteiger partial charge in [0.25, 0.3) is 0 Å². The average Bonchev–Trinajstić information content (AvgIpc) is 3.36. The molecule has 2 heterocycles. The predicted octanol–water partition coefficient (Wildman–Crippen LogP) is 4.00. The molecule has 0 spiro atoms. The molecule has 4 rings (SSSR count). The third-order valence-corrected chi connectivity index (χ3v) is 5.63. The van der Waals surface area contributed by atoms with Gasteiger partial charge in [-0.05, 0) is 54.8 Å². The zero-order chi connectivity index (χ0) is 19.5. The minimum absolute atomic E-state index is 0.00500. The summed E-state index contributed by atoms with van der Waals surface area (Å²) in [4.78, 5) is 32.0. The van der Waals surface area contributed by atoms with E-state index in [2.05, 4.69) is 9.97 Å². The Labute approximate surface area is 165 Å². The first kappa shape index (κ1) is 18.2. The second kappa shape index (κ2) is 7.82. The van der Waals surface area contributed by atoms with Crippen LogP contribution in [0.3, 0.4) is 0 Å². The monoisotopic (exact) mass is 394 g/mol. The highest BCUT2D eigenvalue weighted by Gasteiger charge is 2.22. The van der Waals surface area contributed by atoms with Gasteiger partial charge < -0.3 is 14.8 Å². The number of imidazole rings is 1. The van der Waals surface area contributed by atoms with Crippen molar-refractivity contribution in [2.75, 3.05) is 6.61 Å². The van der Waals surface area contributed by atoms with E-state index in [1.54, 1.807) is 24.5 Å². The van der Waals surface area contributed by atoms with Crippen LogP contribution in [0.25, 0.3) is 6.08 Å². The number of ether oxygens (including phenoxy) is 1. The van der Waals surface area contributed by atoms with Crippen LogP contribution in [0.4, 0.5) is 0 Å². The highest BCUT2D eigenvalue weighted by molar-refractivity contribution is 7.14. The van der Waals surface area contributed by atoms with Crippen molar-refractivity contribution >= 4 is 29.2 Å². The molecule has 1 aromatic carbocycles. The third-order valence-electron chi connectivity index (χ3n) is 4.61. The molecule has 142 valence electrons. The van der Waals surface area contributed by atoms with E-state index in [1.165, 1.54) is 11.3 Å². The number of benzene rings is 1. The number of carbonyl (C=O) groups is 2. The molecule has 1 aliphatic rings. The molecule has 0 aliphatic heterocycles. The van der Waals surface area contributed by atoms with Crippen LogP contribution >= 0.6 is 11.3 Å². The van der Waals surface area contributed by atoms with Crippen molar-refractivity contribution in [3.05, 3.63) is 75.0 Å². The van der Waals surface area contributed by atoms with Gasteiger partial charge in [-0.2, -0.15) is 0 Å². The van der Waals surface area contributed by atoms with Gasteiger partial charge in [0.15, 0.2) is 5.78 Å². The van der Waals surface area contributed by atoms with Crippen molar-refractivity contribution in [2.24, 2.45) is 0 Å². The molecule has 6 nitrogen and oxygen atoms in total. The maximum Gasteiger partial charge on any atom is 0.345 e. The van der Waals surface area contributed by atoms with Gasteiger partial charge in [-0.3, -0.25) is 4.79 Å². The van der Waals surface area contributed by atoms with Gasteiger partial charge in [0.1, 0.15) is 10.6 Å². The van der Waals surface area contributed by atoms with Gasteiger partial charge in [-0.1, -0.05) is 0 Å². The Kier molecular flexibility index (Phi) is 5.08. The number of H-pyrrole nitrogens is 1. The number of nitrogens with one attached hydrogen (secondary N) is 1. The number of ketones is 1. The first-order chi connectivity index (χ1) is 13.6. The molecule has 0 saturated heterocycles. The molecule has 0 saturated carbocycles. The van der Waals surface area contributed by atoms with Gasteiger partial charge in [0, 0.05) is 28.6 Å². The van der Waals surface area contributed by atoms with Gasteiger partial charge in [-0.15, -0.1) is 11.3 Å². The molecule has 2 N–H and O–H groups in total. The van der Waals surface area contributed by atoms with Gasteiger partial charge in [-0.25, -0.2) is 9.78 Å². The summed E-state index contributed by atoms with van der Waals surface area (Å²) < 4.78 is 5.79. The molecule has 0 fully saturated rings. The number of thiophene rings is 1. The fourth-order valence-corrected chi connectivity index (χ4v) is 4.01. The van der Waals surface area contributed by atoms with E-state index < -0.39 is 5.97 Å². The van der Waals surface area contributed by atoms with Gasteiger partial charge in [0.05, 0.1) is 18.6 Å². The molecule has 0 radical (unpaired) electrons. The number of carbonyl (C=O) groups excluding carboxylic acids is 1. The van der Waals surface area contributed by atoms with Crippen LogP contribution in [0.15, 0.2) is 48.4 Å². The number of carboxylic acids is 1. The Morgan fingerprint density at radius 3 is 2.93 bits per heavy atom. The van der Waals surface area contributed by atoms with Crippen molar-refractivity contribution in [1.82, 2.24) is 9.97 Å². The quantitative estimate of drug-likeness (QED) is 0.617. The minimum atomic E-state index is -0.949. The lowest BCUT2D eigenvalue weighted by Gasteiger charge is -2.18. The summed E-state index contributed by atoms with van der Waals surface area (Å²) in [6.45, 7) is 0.521. The van der Waals surface area contributed by atoms with Crippen LogP contribution < -0.4 is 4.74 Å². The molecular weight excluding hydrogens is 376 g/mol. The second-order valence-electron chi connectivity index (χ2n) is 6.48. The summed E-state index contributed by atoms with van der Waals surface area (Å²) >= 11 is 1.17. The number of rotatable bonds is 6. The van der Waals surface area contributed by atoms with Crippen LogP contribution in [0.2, 0.25) is 0 Å². The van der Waals surface area contributed by atoms with Crippen LogP contribution in [-0.2, 0) is 12.8 Å². The zero-order valence-electron chi connectivity index (χ0n) is 15.0. The van der Waals surface area contributed by atoms with Crippen molar-refractivity contribution in [3.8, 4) is 5.75 Å². The average molecular weight is 394 g/mol. The van der Waals surface area contributed by atoms with E-state index >= 15 is 0 Å². The molecule has 7 heteroatoms. The number of aromatic carboxylic acids is 1. The minimum Gasteiger partial charge on any atom is -0.493 e. The highest BCUT2D eigenvalue weighted by atomic mass is 32.1. The number of carboxylic acid groups (broad SMARTS) is 1. The van der Waals surface area contributed by atoms with Crippen molar-refractivity contribution < 1.29 is 19.4 Å². The van der Waals surface area contributed by atoms with E-state index in [-0.39, 0.29) is 10.7 Å². The molecule has 2 aromatic heterocycles. The fourth-order valence-electron chi connectivity index (χ4n) is 3.20. The molecule has 0 unspecified atom stereocenters. The van der Waals surface area contributed by atoms with Crippen molar-refractivity contribution in [2.45, 2.75) is 19.3 Å². The molecule has 3 aromatic rings. The van der Waals surface area contributed by atoms with E-state index in [9.17, 15) is 9.59 Å². The summed E-state index contributed by atoms with van der Waals surface area (Å²) in [6.07, 6.45) is 7.38. The van der Waals surface area contributed by atoms with Crippen LogP contribution in [0.1, 0.15) is 42.6 Å². The smallest absolute Gasteiger partial charge is 0.345 e. The lowest BCUT2D eigenvalue weighted by molar-refractivity contribution is 0.0702. The lowest BCUT2D eigenvalue weighted by Crippen LogP contribution is -2.14. The number of Topliss-reactive ketones (excluding diaryl/α,β-unsaturated/α-hetero) is 1. The molecule has 1 aliphatic carbocycles. The molecule has 0 amide bonds. The number of aryl methyl sites for hydroxylation is 1. The SMILES string of the molecule is O=C(O)c1ccc(/C=C2\CCc3cc(OCCc4c[nH]cn4)ccc3C2=O)s1. The second-order valence-corrected chi connectivity index (χ2v) is 7.60. The topological polar surface area (TPSA) is 92.3 Å². The first-order valence-corrected chi connectivity index (χ1v) is 9.73. The van der Waals surface area contributed by atoms with Gasteiger partial charge in [0.2, 0.25) is 0 Å². The Morgan fingerprint density at radius 1 is 1.29 bits per heavy atom. The fraction of sp³-hybridized carbons (Fsp3) is 0.190. The molecular formula is C21H18N2O4S. The lowest BCUT2D eigenvalue weighted by atomic mass is 9.86. The normalized spacial score (nSPS) is 14.9. The Morgan fingerprint density at radius 2 is 2.18 bits per heavy atom. The van der Waals surface area contributed by atoms with Crippen LogP contribution in [0, 0.1) is 0 Å². The highest BCUT2D eigenvalue weighted by Crippen LogP contribution is 2.30. The maximum absolute atomic E-state index is 12.8. The molecule has 0 atom stereocenters. The first-order valence-electron chi connectivity index (χ1n) is 8.92. The largest absolute Gasteiger partial charge is 0.493 e. The van der Waals surface area contributed by atoms with Crippen molar-refractivity contribution in [3.63, 3.8) is 0 Å². The Balaban J connectivity index is 1.45. The van der Waals surface area contributed by atoms with E-state index in [4.69, 9.17) is 9.84 Å². The summed E-state index contributed by atoms with van der Waals surface area (Å²) in [5, 5.41) is 9.03. The number of hydrogen-bond donors (Lipinski definition) is 2. The number of fused-ring (bicyclic) bond motifs is 1. The number of aromatic amines is 1. The zero-order valence-corrected chi connectivity index (χ0v) is 15.8. The number of nitrogens with zero attached hydrogens (tertiary/aromatic N) is 1. The summed E-state index contributed by atoms with van der Waals surface area (Å²) in [5.74, 6) is -0.205. The van der Waals surface area contributed by atoms with E-state index in [1.807, 2.05) is 24.4 Å².